The third-order valence-corrected chi connectivity index (χ3v) is 5.39. The highest BCUT2D eigenvalue weighted by molar-refractivity contribution is 9.10. The van der Waals surface area contributed by atoms with Crippen LogP contribution in [-0.2, 0) is 12.8 Å². The van der Waals surface area contributed by atoms with E-state index in [0.717, 1.165) is 57.3 Å². The fraction of sp³-hybridized carbons (Fsp3) is 0.316. The topological polar surface area (TPSA) is 49.3 Å². The number of fused-ring (bicyclic) bond motifs is 2. The standard InChI is InChI=1S/C19H18BrNO4/c1-22-16-8-11-5-6-21-14(13(11)9-17(16)23-2)7-12-3-4-15-19(18(12)20)25-10-24-15/h3-4,8-9H,5-7,10H2,1-2H3. The van der Waals surface area contributed by atoms with E-state index in [1.807, 2.05) is 12.1 Å². The van der Waals surface area contributed by atoms with Crippen LogP contribution in [0.5, 0.6) is 23.0 Å². The smallest absolute Gasteiger partial charge is 0.231 e. The molecule has 0 saturated heterocycles. The average molecular weight is 404 g/mol. The summed E-state index contributed by atoms with van der Waals surface area (Å²) < 4.78 is 22.8. The zero-order chi connectivity index (χ0) is 17.4. The number of rotatable bonds is 4. The Morgan fingerprint density at radius 1 is 1.12 bits per heavy atom. The van der Waals surface area contributed by atoms with Gasteiger partial charge in [0.25, 0.3) is 0 Å². The Morgan fingerprint density at radius 2 is 1.92 bits per heavy atom. The molecule has 0 bridgehead atoms. The van der Waals surface area contributed by atoms with Crippen molar-refractivity contribution in [1.29, 1.82) is 0 Å². The van der Waals surface area contributed by atoms with E-state index in [-0.39, 0.29) is 6.79 Å². The van der Waals surface area contributed by atoms with Crippen LogP contribution in [0, 0.1) is 0 Å². The van der Waals surface area contributed by atoms with Crippen LogP contribution in [0.15, 0.2) is 33.7 Å². The Morgan fingerprint density at radius 3 is 2.72 bits per heavy atom. The lowest BCUT2D eigenvalue weighted by molar-refractivity contribution is 0.173. The molecular weight excluding hydrogens is 386 g/mol. The molecule has 4 rings (SSSR count). The number of nitrogens with zero attached hydrogens (tertiary/aromatic N) is 1. The first-order chi connectivity index (χ1) is 12.2. The van der Waals surface area contributed by atoms with E-state index in [2.05, 4.69) is 28.1 Å². The maximum absolute atomic E-state index is 5.55. The van der Waals surface area contributed by atoms with Crippen molar-refractivity contribution in [3.05, 3.63) is 45.4 Å². The third kappa shape index (κ3) is 2.84. The largest absolute Gasteiger partial charge is 0.493 e. The van der Waals surface area contributed by atoms with Crippen LogP contribution in [0.25, 0.3) is 0 Å². The maximum Gasteiger partial charge on any atom is 0.231 e. The summed E-state index contributed by atoms with van der Waals surface area (Å²) in [5, 5.41) is 0. The molecule has 2 aliphatic rings. The van der Waals surface area contributed by atoms with Crippen LogP contribution >= 0.6 is 15.9 Å². The Kier molecular flexibility index (Phi) is 4.29. The van der Waals surface area contributed by atoms with E-state index in [1.165, 1.54) is 5.56 Å². The fourth-order valence-electron chi connectivity index (χ4n) is 3.24. The molecule has 0 aromatic heterocycles. The Bertz CT molecular complexity index is 863. The van der Waals surface area contributed by atoms with Gasteiger partial charge in [0.1, 0.15) is 0 Å². The number of methoxy groups -OCH3 is 2. The zero-order valence-electron chi connectivity index (χ0n) is 14.1. The van der Waals surface area contributed by atoms with Gasteiger partial charge in [-0.15, -0.1) is 0 Å². The molecule has 5 nitrogen and oxygen atoms in total. The molecule has 0 fully saturated rings. The van der Waals surface area contributed by atoms with Crippen LogP contribution < -0.4 is 18.9 Å². The zero-order valence-corrected chi connectivity index (χ0v) is 15.7. The Balaban J connectivity index is 1.70. The van der Waals surface area contributed by atoms with Crippen molar-refractivity contribution < 1.29 is 18.9 Å². The van der Waals surface area contributed by atoms with Gasteiger partial charge in [-0.25, -0.2) is 0 Å². The number of hydrogen-bond acceptors (Lipinski definition) is 5. The Labute approximate surface area is 154 Å². The lowest BCUT2D eigenvalue weighted by atomic mass is 9.93. The van der Waals surface area contributed by atoms with Gasteiger partial charge in [-0.2, -0.15) is 0 Å². The van der Waals surface area contributed by atoms with E-state index < -0.39 is 0 Å². The van der Waals surface area contributed by atoms with E-state index in [1.54, 1.807) is 14.2 Å². The molecule has 2 heterocycles. The van der Waals surface area contributed by atoms with Crippen LogP contribution in [-0.4, -0.2) is 33.3 Å². The van der Waals surface area contributed by atoms with Gasteiger partial charge in [-0.3, -0.25) is 4.99 Å². The monoisotopic (exact) mass is 403 g/mol. The van der Waals surface area contributed by atoms with Crippen molar-refractivity contribution in [3.63, 3.8) is 0 Å². The molecule has 6 heteroatoms. The summed E-state index contributed by atoms with van der Waals surface area (Å²) in [6.07, 6.45) is 1.61. The van der Waals surface area contributed by atoms with Crippen LogP contribution in [0.2, 0.25) is 0 Å². The summed E-state index contributed by atoms with van der Waals surface area (Å²) >= 11 is 3.65. The minimum Gasteiger partial charge on any atom is -0.493 e. The van der Waals surface area contributed by atoms with Crippen molar-refractivity contribution in [1.82, 2.24) is 0 Å². The first-order valence-electron chi connectivity index (χ1n) is 8.07. The van der Waals surface area contributed by atoms with Crippen molar-refractivity contribution in [2.24, 2.45) is 4.99 Å². The quantitative estimate of drug-likeness (QED) is 0.779. The first-order valence-corrected chi connectivity index (χ1v) is 8.86. The molecule has 0 N–H and O–H groups in total. The maximum atomic E-state index is 5.55. The minimum atomic E-state index is 0.262. The van der Waals surface area contributed by atoms with E-state index in [4.69, 9.17) is 23.9 Å². The van der Waals surface area contributed by atoms with Gasteiger partial charge in [0, 0.05) is 24.2 Å². The summed E-state index contributed by atoms with van der Waals surface area (Å²) in [7, 11) is 3.31. The highest BCUT2D eigenvalue weighted by Gasteiger charge is 2.23. The molecule has 130 valence electrons. The van der Waals surface area contributed by atoms with Crippen molar-refractivity contribution >= 4 is 21.6 Å². The Hall–Kier alpha value is -2.21. The molecule has 0 amide bonds. The van der Waals surface area contributed by atoms with Gasteiger partial charge in [0.05, 0.1) is 18.7 Å². The molecule has 0 atom stereocenters. The van der Waals surface area contributed by atoms with Crippen molar-refractivity contribution in [2.75, 3.05) is 27.6 Å². The predicted molar refractivity (Wildman–Crippen MR) is 98.6 cm³/mol. The molecule has 2 aromatic rings. The van der Waals surface area contributed by atoms with Gasteiger partial charge in [-0.1, -0.05) is 6.07 Å². The summed E-state index contributed by atoms with van der Waals surface area (Å²) in [4.78, 5) is 4.76. The summed E-state index contributed by atoms with van der Waals surface area (Å²) in [6.45, 7) is 1.04. The number of benzene rings is 2. The van der Waals surface area contributed by atoms with Crippen molar-refractivity contribution in [3.8, 4) is 23.0 Å². The average Bonchev–Trinajstić information content (AvgIpc) is 3.12. The normalized spacial score (nSPS) is 14.8. The second kappa shape index (κ2) is 6.59. The molecule has 0 aliphatic carbocycles. The van der Waals surface area contributed by atoms with Crippen molar-refractivity contribution in [2.45, 2.75) is 12.8 Å². The van der Waals surface area contributed by atoms with Crippen LogP contribution in [0.4, 0.5) is 0 Å². The van der Waals surface area contributed by atoms with Gasteiger partial charge in [0.15, 0.2) is 23.0 Å². The molecule has 2 aromatic carbocycles. The lowest BCUT2D eigenvalue weighted by Gasteiger charge is -2.20. The molecule has 25 heavy (non-hydrogen) atoms. The highest BCUT2D eigenvalue weighted by Crippen LogP contribution is 2.42. The second-order valence-corrected chi connectivity index (χ2v) is 6.68. The molecular formula is C19H18BrNO4. The third-order valence-electron chi connectivity index (χ3n) is 4.52. The molecule has 0 spiro atoms. The van der Waals surface area contributed by atoms with Crippen LogP contribution in [0.3, 0.4) is 0 Å². The minimum absolute atomic E-state index is 0.262. The second-order valence-electron chi connectivity index (χ2n) is 5.89. The predicted octanol–water partition coefficient (Wildman–Crippen LogP) is 3.78. The van der Waals surface area contributed by atoms with Gasteiger partial charge in [0.2, 0.25) is 6.79 Å². The van der Waals surface area contributed by atoms with E-state index in [0.29, 0.717) is 6.42 Å². The molecule has 0 unspecified atom stereocenters. The summed E-state index contributed by atoms with van der Waals surface area (Å²) in [5.41, 5.74) is 4.51. The number of hydrogen-bond donors (Lipinski definition) is 0. The van der Waals surface area contributed by atoms with Gasteiger partial charge in [-0.05, 0) is 51.7 Å². The van der Waals surface area contributed by atoms with E-state index in [9.17, 15) is 0 Å². The highest BCUT2D eigenvalue weighted by atomic mass is 79.9. The summed E-state index contributed by atoms with van der Waals surface area (Å²) in [5.74, 6) is 3.02. The van der Waals surface area contributed by atoms with E-state index >= 15 is 0 Å². The SMILES string of the molecule is COc1cc2c(cc1OC)C(Cc1ccc3c(c1Br)OCO3)=NCC2. The lowest BCUT2D eigenvalue weighted by Crippen LogP contribution is -2.16. The molecule has 0 saturated carbocycles. The fourth-order valence-corrected chi connectivity index (χ4v) is 3.82. The molecule has 0 radical (unpaired) electrons. The number of halogens is 1. The number of ether oxygens (including phenoxy) is 4. The van der Waals surface area contributed by atoms with Gasteiger partial charge < -0.3 is 18.9 Å². The van der Waals surface area contributed by atoms with Gasteiger partial charge >= 0.3 is 0 Å². The summed E-state index contributed by atoms with van der Waals surface area (Å²) in [6, 6.07) is 8.07. The first kappa shape index (κ1) is 16.3. The van der Waals surface area contributed by atoms with Crippen LogP contribution in [0.1, 0.15) is 16.7 Å². The molecule has 2 aliphatic heterocycles. The number of aliphatic imine (C=N–C) groups is 1.